The number of primary amides is 1. The highest BCUT2D eigenvalue weighted by Gasteiger charge is 2.13. The minimum atomic E-state index is -0.905. The molecule has 0 aromatic carbocycles. The summed E-state index contributed by atoms with van der Waals surface area (Å²) in [6, 6.07) is -0.905. The van der Waals surface area contributed by atoms with E-state index in [0.717, 1.165) is 25.9 Å². The molecule has 17 heavy (non-hydrogen) atoms. The van der Waals surface area contributed by atoms with Crippen molar-refractivity contribution in [1.29, 1.82) is 0 Å². The third kappa shape index (κ3) is 9.73. The van der Waals surface area contributed by atoms with Crippen LogP contribution in [0, 0.1) is 0 Å². The zero-order chi connectivity index (χ0) is 13.1. The van der Waals surface area contributed by atoms with E-state index in [1.165, 1.54) is 0 Å². The van der Waals surface area contributed by atoms with Crippen LogP contribution >= 0.6 is 0 Å². The van der Waals surface area contributed by atoms with Crippen LogP contribution in [0.4, 0.5) is 0 Å². The number of hydrogen-bond donors (Lipinski definition) is 5. The first-order valence-corrected chi connectivity index (χ1v) is 5.80. The maximum Gasteiger partial charge on any atom is 0.234 e. The molecule has 7 heteroatoms. The lowest BCUT2D eigenvalue weighted by Crippen LogP contribution is -2.41. The lowest BCUT2D eigenvalue weighted by Gasteiger charge is -2.08. The Hall–Kier alpha value is -1.18. The molecule has 7 nitrogen and oxygen atoms in total. The molecule has 0 unspecified atom stereocenters. The van der Waals surface area contributed by atoms with Gasteiger partial charge in [-0.1, -0.05) is 0 Å². The third-order valence-electron chi connectivity index (χ3n) is 2.18. The van der Waals surface area contributed by atoms with E-state index in [9.17, 15) is 9.59 Å². The molecule has 0 heterocycles. The van der Waals surface area contributed by atoms with E-state index in [-0.39, 0.29) is 12.3 Å². The largest absolute Gasteiger partial charge is 0.368 e. The number of amides is 2. The van der Waals surface area contributed by atoms with Gasteiger partial charge in [-0.2, -0.15) is 0 Å². The van der Waals surface area contributed by atoms with Crippen molar-refractivity contribution in [3.05, 3.63) is 0 Å². The number of carbonyl (C=O) groups is 2. The monoisotopic (exact) mass is 245 g/mol. The van der Waals surface area contributed by atoms with Crippen LogP contribution in [-0.4, -0.2) is 44.0 Å². The highest BCUT2D eigenvalue weighted by Crippen LogP contribution is 1.87. The van der Waals surface area contributed by atoms with E-state index in [2.05, 4.69) is 10.6 Å². The van der Waals surface area contributed by atoms with Crippen LogP contribution in [0.1, 0.15) is 19.3 Å². The molecule has 1 atom stereocenters. The molecule has 0 bridgehead atoms. The molecule has 2 amide bonds. The number of rotatable bonds is 10. The van der Waals surface area contributed by atoms with Crippen LogP contribution < -0.4 is 27.8 Å². The molecule has 0 radical (unpaired) electrons. The Morgan fingerprint density at radius 1 is 1.12 bits per heavy atom. The predicted molar refractivity (Wildman–Crippen MR) is 66.0 cm³/mol. The van der Waals surface area contributed by atoms with Crippen molar-refractivity contribution in [1.82, 2.24) is 10.6 Å². The van der Waals surface area contributed by atoms with E-state index in [1.807, 2.05) is 0 Å². The van der Waals surface area contributed by atoms with E-state index < -0.39 is 11.9 Å². The second-order valence-corrected chi connectivity index (χ2v) is 3.81. The predicted octanol–water partition coefficient (Wildman–Crippen LogP) is -2.37. The number of nitrogens with two attached hydrogens (primary N) is 3. The molecule has 0 aromatic rings. The number of nitrogens with one attached hydrogen (secondary N) is 2. The van der Waals surface area contributed by atoms with Gasteiger partial charge in [0.2, 0.25) is 11.8 Å². The average molecular weight is 245 g/mol. The normalized spacial score (nSPS) is 12.1. The Labute approximate surface area is 101 Å². The molecular weight excluding hydrogens is 222 g/mol. The summed E-state index contributed by atoms with van der Waals surface area (Å²) in [7, 11) is 0. The first kappa shape index (κ1) is 15.8. The Balaban J connectivity index is 3.36. The van der Waals surface area contributed by atoms with Crippen molar-refractivity contribution >= 4 is 11.8 Å². The van der Waals surface area contributed by atoms with Crippen molar-refractivity contribution in [2.24, 2.45) is 17.2 Å². The summed E-state index contributed by atoms with van der Waals surface area (Å²) in [6.07, 6.45) is 1.71. The summed E-state index contributed by atoms with van der Waals surface area (Å²) in [4.78, 5) is 21.9. The van der Waals surface area contributed by atoms with Crippen molar-refractivity contribution in [2.45, 2.75) is 25.3 Å². The smallest absolute Gasteiger partial charge is 0.234 e. The molecule has 0 aliphatic heterocycles. The molecule has 0 aromatic heterocycles. The molecule has 100 valence electrons. The summed E-state index contributed by atoms with van der Waals surface area (Å²) in [5, 5.41) is 5.86. The molecule has 0 spiro atoms. The minimum Gasteiger partial charge on any atom is -0.368 e. The van der Waals surface area contributed by atoms with Crippen molar-refractivity contribution < 1.29 is 9.59 Å². The van der Waals surface area contributed by atoms with Gasteiger partial charge in [0, 0.05) is 6.54 Å². The topological polar surface area (TPSA) is 136 Å². The Kier molecular flexibility index (Phi) is 9.31. The zero-order valence-electron chi connectivity index (χ0n) is 10.1. The van der Waals surface area contributed by atoms with Crippen LogP contribution in [0.25, 0.3) is 0 Å². The SMILES string of the molecule is NCCCNCCCNC(=O)C[C@H](N)C(N)=O. The molecule has 0 aliphatic rings. The molecule has 0 rings (SSSR count). The molecule has 0 saturated heterocycles. The van der Waals surface area contributed by atoms with E-state index >= 15 is 0 Å². The summed E-state index contributed by atoms with van der Waals surface area (Å²) >= 11 is 0. The fourth-order valence-corrected chi connectivity index (χ4v) is 1.17. The third-order valence-corrected chi connectivity index (χ3v) is 2.18. The average Bonchev–Trinajstić information content (AvgIpc) is 2.27. The van der Waals surface area contributed by atoms with Crippen LogP contribution in [0.5, 0.6) is 0 Å². The van der Waals surface area contributed by atoms with E-state index in [1.54, 1.807) is 0 Å². The van der Waals surface area contributed by atoms with Gasteiger partial charge in [0.1, 0.15) is 0 Å². The highest BCUT2D eigenvalue weighted by atomic mass is 16.2. The van der Waals surface area contributed by atoms with E-state index in [4.69, 9.17) is 17.2 Å². The summed E-state index contributed by atoms with van der Waals surface area (Å²) in [6.45, 7) is 2.94. The van der Waals surface area contributed by atoms with Gasteiger partial charge < -0.3 is 27.8 Å². The number of carbonyl (C=O) groups excluding carboxylic acids is 2. The molecule has 0 aliphatic carbocycles. The maximum atomic E-state index is 11.3. The van der Waals surface area contributed by atoms with Gasteiger partial charge in [-0.3, -0.25) is 9.59 Å². The van der Waals surface area contributed by atoms with Crippen LogP contribution in [0.15, 0.2) is 0 Å². The van der Waals surface area contributed by atoms with Gasteiger partial charge in [0.25, 0.3) is 0 Å². The standard InChI is InChI=1S/C10H23N5O2/c11-3-1-4-14-5-2-6-15-9(16)7-8(12)10(13)17/h8,14H,1-7,11-12H2,(H2,13,17)(H,15,16)/t8-/m0/s1. The van der Waals surface area contributed by atoms with Gasteiger partial charge in [0.15, 0.2) is 0 Å². The minimum absolute atomic E-state index is 0.0596. The Morgan fingerprint density at radius 3 is 2.35 bits per heavy atom. The van der Waals surface area contributed by atoms with Crippen LogP contribution in [0.3, 0.4) is 0 Å². The molecule has 8 N–H and O–H groups in total. The lowest BCUT2D eigenvalue weighted by atomic mass is 10.2. The lowest BCUT2D eigenvalue weighted by molar-refractivity contribution is -0.126. The van der Waals surface area contributed by atoms with E-state index in [0.29, 0.717) is 13.1 Å². The van der Waals surface area contributed by atoms with Gasteiger partial charge >= 0.3 is 0 Å². The molecule has 0 saturated carbocycles. The van der Waals surface area contributed by atoms with Gasteiger partial charge in [-0.05, 0) is 32.5 Å². The number of hydrogen-bond acceptors (Lipinski definition) is 5. The first-order valence-electron chi connectivity index (χ1n) is 5.80. The molecular formula is C10H23N5O2. The Morgan fingerprint density at radius 2 is 1.76 bits per heavy atom. The van der Waals surface area contributed by atoms with Crippen LogP contribution in [-0.2, 0) is 9.59 Å². The van der Waals surface area contributed by atoms with Crippen LogP contribution in [0.2, 0.25) is 0 Å². The maximum absolute atomic E-state index is 11.3. The summed E-state index contributed by atoms with van der Waals surface area (Å²) in [5.74, 6) is -0.915. The quantitative estimate of drug-likeness (QED) is 0.274. The zero-order valence-corrected chi connectivity index (χ0v) is 10.1. The Bertz CT molecular complexity index is 235. The first-order chi connectivity index (χ1) is 8.07. The fraction of sp³-hybridized carbons (Fsp3) is 0.800. The second-order valence-electron chi connectivity index (χ2n) is 3.81. The summed E-state index contributed by atoms with van der Waals surface area (Å²) in [5.41, 5.74) is 15.6. The second kappa shape index (κ2) is 10.0. The highest BCUT2D eigenvalue weighted by molar-refractivity contribution is 5.86. The van der Waals surface area contributed by atoms with Gasteiger partial charge in [-0.25, -0.2) is 0 Å². The van der Waals surface area contributed by atoms with Gasteiger partial charge in [0.05, 0.1) is 12.5 Å². The van der Waals surface area contributed by atoms with Crippen molar-refractivity contribution in [2.75, 3.05) is 26.2 Å². The summed E-state index contributed by atoms with van der Waals surface area (Å²) < 4.78 is 0. The molecule has 0 fully saturated rings. The van der Waals surface area contributed by atoms with Gasteiger partial charge in [-0.15, -0.1) is 0 Å². The van der Waals surface area contributed by atoms with Crippen molar-refractivity contribution in [3.63, 3.8) is 0 Å². The van der Waals surface area contributed by atoms with Crippen molar-refractivity contribution in [3.8, 4) is 0 Å². The fourth-order valence-electron chi connectivity index (χ4n) is 1.17.